The molecule has 0 aliphatic rings. The highest BCUT2D eigenvalue weighted by molar-refractivity contribution is 6.31. The van der Waals surface area contributed by atoms with E-state index in [0.717, 1.165) is 6.07 Å². The lowest BCUT2D eigenvalue weighted by molar-refractivity contribution is -0.136. The SMILES string of the molecule is NC(=O)c1nc(-c2ccccc2NCCC(=O)O)n(-c2cccc(Cl)c2F)c1-c1ccc(F)c(Cl)c1. The Hall–Kier alpha value is -3.95. The van der Waals surface area contributed by atoms with Gasteiger partial charge in [0.25, 0.3) is 5.91 Å². The number of aromatic nitrogens is 2. The number of hydrogen-bond donors (Lipinski definition) is 3. The second kappa shape index (κ2) is 10.3. The van der Waals surface area contributed by atoms with Crippen molar-refractivity contribution < 1.29 is 23.5 Å². The van der Waals surface area contributed by atoms with E-state index in [4.69, 9.17) is 34.0 Å². The van der Waals surface area contributed by atoms with Crippen molar-refractivity contribution in [1.29, 1.82) is 0 Å². The van der Waals surface area contributed by atoms with E-state index < -0.39 is 23.5 Å². The minimum absolute atomic E-state index is 0.0479. The summed E-state index contributed by atoms with van der Waals surface area (Å²) < 4.78 is 30.6. The molecular formula is C25H18Cl2F2N4O3. The van der Waals surface area contributed by atoms with Gasteiger partial charge < -0.3 is 16.2 Å². The van der Waals surface area contributed by atoms with Crippen LogP contribution in [0.15, 0.2) is 60.7 Å². The number of nitrogens with one attached hydrogen (secondary N) is 1. The van der Waals surface area contributed by atoms with Crippen molar-refractivity contribution in [1.82, 2.24) is 9.55 Å². The number of amides is 1. The molecule has 7 nitrogen and oxygen atoms in total. The van der Waals surface area contributed by atoms with Crippen molar-refractivity contribution >= 4 is 40.8 Å². The monoisotopic (exact) mass is 530 g/mol. The van der Waals surface area contributed by atoms with Crippen LogP contribution in [0.25, 0.3) is 28.3 Å². The molecule has 1 amide bonds. The van der Waals surface area contributed by atoms with Crippen LogP contribution in [-0.4, -0.2) is 33.1 Å². The first-order valence-corrected chi connectivity index (χ1v) is 11.3. The third-order valence-corrected chi connectivity index (χ3v) is 5.88. The molecule has 0 spiro atoms. The number of nitrogens with zero attached hydrogens (tertiary/aromatic N) is 2. The number of imidazole rings is 1. The number of benzene rings is 3. The fourth-order valence-corrected chi connectivity index (χ4v) is 4.07. The van der Waals surface area contributed by atoms with Crippen molar-refractivity contribution in [3.8, 4) is 28.3 Å². The van der Waals surface area contributed by atoms with Gasteiger partial charge in [-0.15, -0.1) is 0 Å². The van der Waals surface area contributed by atoms with Gasteiger partial charge in [-0.05, 0) is 42.5 Å². The molecule has 11 heteroatoms. The van der Waals surface area contributed by atoms with Gasteiger partial charge in [0, 0.05) is 23.4 Å². The number of rotatable bonds is 8. The second-order valence-corrected chi connectivity index (χ2v) is 8.46. The molecule has 0 radical (unpaired) electrons. The largest absolute Gasteiger partial charge is 0.481 e. The van der Waals surface area contributed by atoms with Crippen molar-refractivity contribution in [3.05, 3.63) is 88.0 Å². The van der Waals surface area contributed by atoms with Crippen LogP contribution in [0.3, 0.4) is 0 Å². The molecule has 36 heavy (non-hydrogen) atoms. The van der Waals surface area contributed by atoms with E-state index >= 15 is 4.39 Å². The summed E-state index contributed by atoms with van der Waals surface area (Å²) in [6.07, 6.45) is -0.155. The number of halogens is 4. The van der Waals surface area contributed by atoms with Crippen LogP contribution in [0.2, 0.25) is 10.0 Å². The standard InChI is InChI=1S/C25H18Cl2F2N4O3/c26-15-5-3-7-19(21(15)29)33-23(13-8-9-17(28)16(27)12-13)22(24(30)36)32-25(33)14-4-1-2-6-18(14)31-11-10-20(34)35/h1-9,12,31H,10-11H2,(H2,30,36)(H,34,35). The van der Waals surface area contributed by atoms with Gasteiger partial charge in [-0.1, -0.05) is 41.4 Å². The normalized spacial score (nSPS) is 10.9. The summed E-state index contributed by atoms with van der Waals surface area (Å²) in [5, 5.41) is 11.6. The van der Waals surface area contributed by atoms with Crippen LogP contribution in [0.5, 0.6) is 0 Å². The number of primary amides is 1. The summed E-state index contributed by atoms with van der Waals surface area (Å²) in [5.41, 5.74) is 6.62. The van der Waals surface area contributed by atoms with Crippen molar-refractivity contribution in [2.24, 2.45) is 5.73 Å². The molecule has 0 unspecified atom stereocenters. The van der Waals surface area contributed by atoms with Gasteiger partial charge in [-0.3, -0.25) is 14.2 Å². The molecule has 1 heterocycles. The molecule has 0 saturated carbocycles. The number of hydrogen-bond acceptors (Lipinski definition) is 4. The Balaban J connectivity index is 2.06. The van der Waals surface area contributed by atoms with Gasteiger partial charge in [0.1, 0.15) is 11.6 Å². The number of nitrogens with two attached hydrogens (primary N) is 1. The van der Waals surface area contributed by atoms with E-state index in [1.54, 1.807) is 24.3 Å². The molecular weight excluding hydrogens is 513 g/mol. The highest BCUT2D eigenvalue weighted by Gasteiger charge is 2.27. The zero-order valence-electron chi connectivity index (χ0n) is 18.4. The zero-order chi connectivity index (χ0) is 26.0. The summed E-state index contributed by atoms with van der Waals surface area (Å²) in [6, 6.07) is 14.8. The molecule has 0 bridgehead atoms. The van der Waals surface area contributed by atoms with E-state index in [0.29, 0.717) is 11.3 Å². The van der Waals surface area contributed by atoms with E-state index in [1.165, 1.54) is 34.9 Å². The lowest BCUT2D eigenvalue weighted by Gasteiger charge is -2.17. The number of carboxylic acid groups (broad SMARTS) is 1. The first-order valence-electron chi connectivity index (χ1n) is 10.6. The van der Waals surface area contributed by atoms with Crippen LogP contribution in [0, 0.1) is 11.6 Å². The second-order valence-electron chi connectivity index (χ2n) is 7.65. The molecule has 1 aromatic heterocycles. The van der Waals surface area contributed by atoms with Gasteiger partial charge in [-0.2, -0.15) is 0 Å². The Labute approximate surface area is 214 Å². The van der Waals surface area contributed by atoms with E-state index in [-0.39, 0.29) is 51.5 Å². The molecule has 0 aliphatic carbocycles. The summed E-state index contributed by atoms with van der Waals surface area (Å²) in [6.45, 7) is 0.0989. The topological polar surface area (TPSA) is 110 Å². The Morgan fingerprint density at radius 3 is 2.47 bits per heavy atom. The molecule has 0 aliphatic heterocycles. The lowest BCUT2D eigenvalue weighted by atomic mass is 10.1. The van der Waals surface area contributed by atoms with Gasteiger partial charge in [0.2, 0.25) is 0 Å². The maximum Gasteiger partial charge on any atom is 0.305 e. The molecule has 184 valence electrons. The number of carbonyl (C=O) groups excluding carboxylic acids is 1. The third-order valence-electron chi connectivity index (χ3n) is 5.30. The quantitative estimate of drug-likeness (QED) is 0.267. The Bertz CT molecular complexity index is 1490. The molecule has 0 saturated heterocycles. The third kappa shape index (κ3) is 4.89. The van der Waals surface area contributed by atoms with Crippen LogP contribution in [0.1, 0.15) is 16.9 Å². The van der Waals surface area contributed by atoms with Gasteiger partial charge in [0.15, 0.2) is 11.5 Å². The Kier molecular flexibility index (Phi) is 7.23. The number of aliphatic carboxylic acids is 1. The minimum atomic E-state index is -0.992. The molecule has 4 aromatic rings. The summed E-state index contributed by atoms with van der Waals surface area (Å²) in [7, 11) is 0. The van der Waals surface area contributed by atoms with Gasteiger partial charge >= 0.3 is 5.97 Å². The Morgan fingerprint density at radius 2 is 1.78 bits per heavy atom. The van der Waals surface area contributed by atoms with Crippen LogP contribution >= 0.6 is 23.2 Å². The van der Waals surface area contributed by atoms with E-state index in [2.05, 4.69) is 10.3 Å². The van der Waals surface area contributed by atoms with Gasteiger partial charge in [-0.25, -0.2) is 13.8 Å². The lowest BCUT2D eigenvalue weighted by Crippen LogP contribution is -2.13. The van der Waals surface area contributed by atoms with Crippen molar-refractivity contribution in [2.75, 3.05) is 11.9 Å². The average Bonchev–Trinajstić information content (AvgIpc) is 3.23. The van der Waals surface area contributed by atoms with Crippen LogP contribution < -0.4 is 11.1 Å². The predicted octanol–water partition coefficient (Wildman–Crippen LogP) is 5.78. The summed E-state index contributed by atoms with van der Waals surface area (Å²) in [5.74, 6) is -3.27. The van der Waals surface area contributed by atoms with Crippen molar-refractivity contribution in [3.63, 3.8) is 0 Å². The minimum Gasteiger partial charge on any atom is -0.481 e. The number of carboxylic acids is 1. The van der Waals surface area contributed by atoms with E-state index in [9.17, 15) is 14.0 Å². The molecule has 0 atom stereocenters. The maximum absolute atomic E-state index is 15.4. The summed E-state index contributed by atoms with van der Waals surface area (Å²) in [4.78, 5) is 27.9. The number of para-hydroxylation sites is 1. The fraction of sp³-hybridized carbons (Fsp3) is 0.0800. The maximum atomic E-state index is 15.4. The fourth-order valence-electron chi connectivity index (χ4n) is 3.72. The van der Waals surface area contributed by atoms with Crippen molar-refractivity contribution in [2.45, 2.75) is 6.42 Å². The number of anilines is 1. The molecule has 4 rings (SSSR count). The first kappa shape index (κ1) is 25.2. The smallest absolute Gasteiger partial charge is 0.305 e. The predicted molar refractivity (Wildman–Crippen MR) is 134 cm³/mol. The molecule has 4 N–H and O–H groups in total. The Morgan fingerprint density at radius 1 is 1.03 bits per heavy atom. The first-order chi connectivity index (χ1) is 17.2. The zero-order valence-corrected chi connectivity index (χ0v) is 19.9. The number of carbonyl (C=O) groups is 2. The van der Waals surface area contributed by atoms with Crippen LogP contribution in [0.4, 0.5) is 14.5 Å². The molecule has 3 aromatic carbocycles. The average molecular weight is 531 g/mol. The highest BCUT2D eigenvalue weighted by Crippen LogP contribution is 2.38. The van der Waals surface area contributed by atoms with Gasteiger partial charge in [0.05, 0.1) is 27.8 Å². The highest BCUT2D eigenvalue weighted by atomic mass is 35.5. The van der Waals surface area contributed by atoms with Crippen LogP contribution in [-0.2, 0) is 4.79 Å². The molecule has 0 fully saturated rings. The summed E-state index contributed by atoms with van der Waals surface area (Å²) >= 11 is 12.1. The van der Waals surface area contributed by atoms with E-state index in [1.807, 2.05) is 0 Å².